The van der Waals surface area contributed by atoms with Gasteiger partial charge in [0.05, 0.1) is 11.7 Å². The van der Waals surface area contributed by atoms with Crippen LogP contribution in [0.25, 0.3) is 0 Å². The molecule has 0 bridgehead atoms. The first-order chi connectivity index (χ1) is 13.7. The van der Waals surface area contributed by atoms with Crippen LogP contribution in [-0.2, 0) is 4.79 Å². The van der Waals surface area contributed by atoms with Gasteiger partial charge in [0.1, 0.15) is 0 Å². The molecular formula is C23H21N3O2. The summed E-state index contributed by atoms with van der Waals surface area (Å²) in [5.41, 5.74) is 3.13. The van der Waals surface area contributed by atoms with Crippen molar-refractivity contribution in [2.75, 3.05) is 11.4 Å². The standard InChI is InChI=1S/C23H21N3O2/c27-21-10-6-16-26(21)19-13-11-18(12-14-19)23(28)25-22(17-7-2-1-3-8-17)20-9-4-5-15-24-20/h1-5,7-9,11-15,22H,6,10,16H2,(H,25,28). The Morgan fingerprint density at radius 1 is 0.964 bits per heavy atom. The maximum Gasteiger partial charge on any atom is 0.252 e. The number of anilines is 1. The minimum atomic E-state index is -0.338. The first-order valence-corrected chi connectivity index (χ1v) is 9.39. The second-order valence-electron chi connectivity index (χ2n) is 6.77. The molecule has 140 valence electrons. The largest absolute Gasteiger partial charge is 0.340 e. The molecule has 28 heavy (non-hydrogen) atoms. The number of benzene rings is 2. The highest BCUT2D eigenvalue weighted by Crippen LogP contribution is 2.23. The quantitative estimate of drug-likeness (QED) is 0.743. The van der Waals surface area contributed by atoms with Gasteiger partial charge in [0, 0.05) is 30.4 Å². The first kappa shape index (κ1) is 17.9. The number of nitrogens with one attached hydrogen (secondary N) is 1. The van der Waals surface area contributed by atoms with Crippen molar-refractivity contribution < 1.29 is 9.59 Å². The molecule has 0 radical (unpaired) electrons. The minimum absolute atomic E-state index is 0.136. The lowest BCUT2D eigenvalue weighted by atomic mass is 10.0. The smallest absolute Gasteiger partial charge is 0.252 e. The van der Waals surface area contributed by atoms with Crippen molar-refractivity contribution in [2.24, 2.45) is 0 Å². The molecule has 0 saturated carbocycles. The minimum Gasteiger partial charge on any atom is -0.340 e. The molecule has 5 heteroatoms. The van der Waals surface area contributed by atoms with Gasteiger partial charge in [-0.3, -0.25) is 14.6 Å². The van der Waals surface area contributed by atoms with Gasteiger partial charge in [-0.05, 0) is 48.4 Å². The van der Waals surface area contributed by atoms with Gasteiger partial charge < -0.3 is 10.2 Å². The molecule has 1 aliphatic rings. The lowest BCUT2D eigenvalue weighted by molar-refractivity contribution is -0.117. The molecule has 2 aromatic carbocycles. The maximum absolute atomic E-state index is 12.9. The van der Waals surface area contributed by atoms with Crippen LogP contribution in [0, 0.1) is 0 Å². The lowest BCUT2D eigenvalue weighted by Crippen LogP contribution is -2.30. The third-order valence-electron chi connectivity index (χ3n) is 4.91. The monoisotopic (exact) mass is 371 g/mol. The molecule has 1 atom stereocenters. The van der Waals surface area contributed by atoms with E-state index in [0.29, 0.717) is 12.0 Å². The van der Waals surface area contributed by atoms with Crippen LogP contribution in [-0.4, -0.2) is 23.3 Å². The molecule has 5 nitrogen and oxygen atoms in total. The number of carbonyl (C=O) groups excluding carboxylic acids is 2. The van der Waals surface area contributed by atoms with Crippen molar-refractivity contribution in [1.29, 1.82) is 0 Å². The molecule has 3 aromatic rings. The average molecular weight is 371 g/mol. The van der Waals surface area contributed by atoms with E-state index in [0.717, 1.165) is 29.9 Å². The van der Waals surface area contributed by atoms with E-state index in [2.05, 4.69) is 10.3 Å². The molecule has 2 heterocycles. The van der Waals surface area contributed by atoms with Crippen molar-refractivity contribution in [1.82, 2.24) is 10.3 Å². The van der Waals surface area contributed by atoms with E-state index in [1.165, 1.54) is 0 Å². The summed E-state index contributed by atoms with van der Waals surface area (Å²) >= 11 is 0. The molecular weight excluding hydrogens is 350 g/mol. The molecule has 1 N–H and O–H groups in total. The Balaban J connectivity index is 1.55. The van der Waals surface area contributed by atoms with Crippen molar-refractivity contribution >= 4 is 17.5 Å². The third-order valence-corrected chi connectivity index (χ3v) is 4.91. The SMILES string of the molecule is O=C(NC(c1ccccc1)c1ccccn1)c1ccc(N2CCCC2=O)cc1. The fourth-order valence-corrected chi connectivity index (χ4v) is 3.45. The van der Waals surface area contributed by atoms with E-state index < -0.39 is 0 Å². The summed E-state index contributed by atoms with van der Waals surface area (Å²) < 4.78 is 0. The Kier molecular flexibility index (Phi) is 5.15. The Bertz CT molecular complexity index is 917. The van der Waals surface area contributed by atoms with Crippen LogP contribution in [0.15, 0.2) is 79.0 Å². The van der Waals surface area contributed by atoms with E-state index in [1.54, 1.807) is 23.2 Å². The number of aromatic nitrogens is 1. The summed E-state index contributed by atoms with van der Waals surface area (Å²) in [6, 6.07) is 22.3. The molecule has 1 aliphatic heterocycles. The van der Waals surface area contributed by atoms with Gasteiger partial charge in [-0.2, -0.15) is 0 Å². The lowest BCUT2D eigenvalue weighted by Gasteiger charge is -2.19. The van der Waals surface area contributed by atoms with Gasteiger partial charge in [-0.1, -0.05) is 36.4 Å². The summed E-state index contributed by atoms with van der Waals surface area (Å²) in [6.07, 6.45) is 3.19. The second-order valence-corrected chi connectivity index (χ2v) is 6.77. The predicted molar refractivity (Wildman–Crippen MR) is 108 cm³/mol. The molecule has 4 rings (SSSR count). The zero-order chi connectivity index (χ0) is 19.3. The predicted octanol–water partition coefficient (Wildman–Crippen LogP) is 3.73. The molecule has 0 aliphatic carbocycles. The molecule has 0 spiro atoms. The summed E-state index contributed by atoms with van der Waals surface area (Å²) in [7, 11) is 0. The van der Waals surface area contributed by atoms with Gasteiger partial charge in [0.15, 0.2) is 0 Å². The summed E-state index contributed by atoms with van der Waals surface area (Å²) in [6.45, 7) is 0.736. The highest BCUT2D eigenvalue weighted by molar-refractivity contribution is 5.97. The number of rotatable bonds is 5. The fraction of sp³-hybridized carbons (Fsp3) is 0.174. The molecule has 1 saturated heterocycles. The Labute approximate surface area is 164 Å². The van der Waals surface area contributed by atoms with Gasteiger partial charge >= 0.3 is 0 Å². The van der Waals surface area contributed by atoms with Crippen LogP contribution in [0.3, 0.4) is 0 Å². The number of carbonyl (C=O) groups is 2. The third kappa shape index (κ3) is 3.78. The Morgan fingerprint density at radius 2 is 1.71 bits per heavy atom. The normalized spacial score (nSPS) is 14.7. The van der Waals surface area contributed by atoms with E-state index in [-0.39, 0.29) is 17.9 Å². The number of hydrogen-bond acceptors (Lipinski definition) is 3. The van der Waals surface area contributed by atoms with Crippen LogP contribution in [0.5, 0.6) is 0 Å². The highest BCUT2D eigenvalue weighted by Gasteiger charge is 2.22. The van der Waals surface area contributed by atoms with Crippen LogP contribution >= 0.6 is 0 Å². The Hall–Kier alpha value is -3.47. The van der Waals surface area contributed by atoms with Crippen molar-refractivity contribution in [3.05, 3.63) is 95.8 Å². The molecule has 1 fully saturated rings. The summed E-state index contributed by atoms with van der Waals surface area (Å²) in [5.74, 6) is -0.0460. The van der Waals surface area contributed by atoms with Gasteiger partial charge in [-0.15, -0.1) is 0 Å². The fourth-order valence-electron chi connectivity index (χ4n) is 3.45. The van der Waals surface area contributed by atoms with Crippen molar-refractivity contribution in [2.45, 2.75) is 18.9 Å². The molecule has 2 amide bonds. The van der Waals surface area contributed by atoms with Gasteiger partial charge in [-0.25, -0.2) is 0 Å². The highest BCUT2D eigenvalue weighted by atomic mass is 16.2. The molecule has 1 unspecified atom stereocenters. The average Bonchev–Trinajstić information content (AvgIpc) is 3.19. The van der Waals surface area contributed by atoms with Gasteiger partial charge in [0.2, 0.25) is 5.91 Å². The molecule has 1 aromatic heterocycles. The van der Waals surface area contributed by atoms with Crippen molar-refractivity contribution in [3.8, 4) is 0 Å². The van der Waals surface area contributed by atoms with Crippen LogP contribution in [0.1, 0.15) is 40.5 Å². The van der Waals surface area contributed by atoms with E-state index >= 15 is 0 Å². The van der Waals surface area contributed by atoms with E-state index in [4.69, 9.17) is 0 Å². The van der Waals surface area contributed by atoms with Crippen LogP contribution in [0.4, 0.5) is 5.69 Å². The number of amides is 2. The number of hydrogen-bond donors (Lipinski definition) is 1. The second kappa shape index (κ2) is 8.05. The topological polar surface area (TPSA) is 62.3 Å². The summed E-state index contributed by atoms with van der Waals surface area (Å²) in [5, 5.41) is 3.08. The zero-order valence-corrected chi connectivity index (χ0v) is 15.4. The zero-order valence-electron chi connectivity index (χ0n) is 15.4. The summed E-state index contributed by atoms with van der Waals surface area (Å²) in [4.78, 5) is 31.0. The van der Waals surface area contributed by atoms with Crippen molar-refractivity contribution in [3.63, 3.8) is 0 Å². The first-order valence-electron chi connectivity index (χ1n) is 9.39. The number of nitrogens with zero attached hydrogens (tertiary/aromatic N) is 2. The van der Waals surface area contributed by atoms with E-state index in [1.807, 2.05) is 60.7 Å². The van der Waals surface area contributed by atoms with Gasteiger partial charge in [0.25, 0.3) is 5.91 Å². The maximum atomic E-state index is 12.9. The van der Waals surface area contributed by atoms with Crippen LogP contribution < -0.4 is 10.2 Å². The van der Waals surface area contributed by atoms with Crippen LogP contribution in [0.2, 0.25) is 0 Å². The van der Waals surface area contributed by atoms with E-state index in [9.17, 15) is 9.59 Å². The Morgan fingerprint density at radius 3 is 2.36 bits per heavy atom. The number of pyridine rings is 1.